The van der Waals surface area contributed by atoms with Crippen molar-refractivity contribution in [3.8, 4) is 0 Å². The van der Waals surface area contributed by atoms with Gasteiger partial charge in [0.05, 0.1) is 6.10 Å². The first kappa shape index (κ1) is 12.8. The number of aliphatic hydroxyl groups excluding tert-OH is 1. The SMILES string of the molecule is CN(C)C(=O)C1CNCCN1C1CCCC1O. The molecular formula is C12H23N3O2. The lowest BCUT2D eigenvalue weighted by Crippen LogP contribution is -2.61. The van der Waals surface area contributed by atoms with Crippen molar-refractivity contribution < 1.29 is 9.90 Å². The van der Waals surface area contributed by atoms with Crippen LogP contribution in [0.5, 0.6) is 0 Å². The van der Waals surface area contributed by atoms with Gasteiger partial charge in [-0.3, -0.25) is 9.69 Å². The highest BCUT2D eigenvalue weighted by atomic mass is 16.3. The quantitative estimate of drug-likeness (QED) is 0.669. The van der Waals surface area contributed by atoms with E-state index in [9.17, 15) is 9.90 Å². The first-order valence-electron chi connectivity index (χ1n) is 6.47. The Hall–Kier alpha value is -0.650. The van der Waals surface area contributed by atoms with Crippen LogP contribution in [0.15, 0.2) is 0 Å². The Morgan fingerprint density at radius 2 is 2.18 bits per heavy atom. The topological polar surface area (TPSA) is 55.8 Å². The molecule has 2 fully saturated rings. The highest BCUT2D eigenvalue weighted by Crippen LogP contribution is 2.26. The molecule has 1 heterocycles. The number of likely N-dealkylation sites (N-methyl/N-ethyl adjacent to an activating group) is 1. The zero-order valence-electron chi connectivity index (χ0n) is 10.7. The first-order valence-corrected chi connectivity index (χ1v) is 6.47. The van der Waals surface area contributed by atoms with E-state index in [2.05, 4.69) is 10.2 Å². The van der Waals surface area contributed by atoms with Crippen molar-refractivity contribution in [2.45, 2.75) is 37.5 Å². The van der Waals surface area contributed by atoms with Crippen molar-refractivity contribution in [3.63, 3.8) is 0 Å². The monoisotopic (exact) mass is 241 g/mol. The van der Waals surface area contributed by atoms with E-state index in [-0.39, 0.29) is 24.1 Å². The summed E-state index contributed by atoms with van der Waals surface area (Å²) < 4.78 is 0. The molecule has 3 atom stereocenters. The number of nitrogens with zero attached hydrogens (tertiary/aromatic N) is 2. The van der Waals surface area contributed by atoms with E-state index in [1.54, 1.807) is 19.0 Å². The van der Waals surface area contributed by atoms with Crippen molar-refractivity contribution in [2.75, 3.05) is 33.7 Å². The van der Waals surface area contributed by atoms with Crippen LogP contribution in [0, 0.1) is 0 Å². The van der Waals surface area contributed by atoms with Crippen molar-refractivity contribution in [1.29, 1.82) is 0 Å². The molecule has 5 heteroatoms. The van der Waals surface area contributed by atoms with E-state index in [0.717, 1.165) is 32.4 Å². The van der Waals surface area contributed by atoms with Crippen LogP contribution in [-0.4, -0.2) is 72.7 Å². The standard InChI is InChI=1S/C12H23N3O2/c1-14(2)12(17)10-8-13-6-7-15(10)9-4-3-5-11(9)16/h9-11,13,16H,3-8H2,1-2H3. The molecule has 0 aromatic rings. The smallest absolute Gasteiger partial charge is 0.240 e. The number of rotatable bonds is 2. The number of nitrogens with one attached hydrogen (secondary N) is 1. The molecule has 1 aliphatic carbocycles. The van der Waals surface area contributed by atoms with Crippen molar-refractivity contribution in [1.82, 2.24) is 15.1 Å². The molecule has 0 aromatic heterocycles. The number of aliphatic hydroxyl groups is 1. The maximum atomic E-state index is 12.1. The van der Waals surface area contributed by atoms with E-state index in [1.165, 1.54) is 0 Å². The third-order valence-corrected chi connectivity index (χ3v) is 3.88. The van der Waals surface area contributed by atoms with E-state index in [0.29, 0.717) is 6.54 Å². The molecule has 0 aromatic carbocycles. The van der Waals surface area contributed by atoms with Crippen molar-refractivity contribution >= 4 is 5.91 Å². The highest BCUT2D eigenvalue weighted by Gasteiger charge is 2.39. The summed E-state index contributed by atoms with van der Waals surface area (Å²) in [5.41, 5.74) is 0. The summed E-state index contributed by atoms with van der Waals surface area (Å²) in [5.74, 6) is 0.135. The molecule has 0 bridgehead atoms. The van der Waals surface area contributed by atoms with Crippen LogP contribution < -0.4 is 5.32 Å². The van der Waals surface area contributed by atoms with Crippen LogP contribution in [0.25, 0.3) is 0 Å². The Kier molecular flexibility index (Phi) is 4.01. The number of piperazine rings is 1. The van der Waals surface area contributed by atoms with E-state index < -0.39 is 0 Å². The molecule has 0 spiro atoms. The van der Waals surface area contributed by atoms with E-state index in [4.69, 9.17) is 0 Å². The number of carbonyl (C=O) groups is 1. The van der Waals surface area contributed by atoms with Crippen LogP contribution in [0.1, 0.15) is 19.3 Å². The molecular weight excluding hydrogens is 218 g/mol. The summed E-state index contributed by atoms with van der Waals surface area (Å²) in [7, 11) is 3.58. The van der Waals surface area contributed by atoms with Gasteiger partial charge in [-0.15, -0.1) is 0 Å². The van der Waals surface area contributed by atoms with Gasteiger partial charge < -0.3 is 15.3 Å². The van der Waals surface area contributed by atoms with E-state index in [1.807, 2.05) is 0 Å². The largest absolute Gasteiger partial charge is 0.391 e. The molecule has 3 unspecified atom stereocenters. The van der Waals surface area contributed by atoms with Gasteiger partial charge >= 0.3 is 0 Å². The zero-order chi connectivity index (χ0) is 12.4. The van der Waals surface area contributed by atoms with Gasteiger partial charge in [0.1, 0.15) is 6.04 Å². The predicted molar refractivity (Wildman–Crippen MR) is 65.7 cm³/mol. The number of hydrogen-bond acceptors (Lipinski definition) is 4. The number of amides is 1. The Morgan fingerprint density at radius 3 is 2.76 bits per heavy atom. The summed E-state index contributed by atoms with van der Waals surface area (Å²) in [6.45, 7) is 2.45. The van der Waals surface area contributed by atoms with Crippen LogP contribution >= 0.6 is 0 Å². The van der Waals surface area contributed by atoms with Crippen molar-refractivity contribution in [3.05, 3.63) is 0 Å². The Balaban J connectivity index is 2.09. The van der Waals surface area contributed by atoms with E-state index >= 15 is 0 Å². The van der Waals surface area contributed by atoms with Gasteiger partial charge in [-0.2, -0.15) is 0 Å². The van der Waals surface area contributed by atoms with Gasteiger partial charge in [0.2, 0.25) is 5.91 Å². The Bertz CT molecular complexity index is 283. The second kappa shape index (κ2) is 5.33. The van der Waals surface area contributed by atoms with Gasteiger partial charge in [-0.25, -0.2) is 0 Å². The second-order valence-corrected chi connectivity index (χ2v) is 5.26. The Labute approximate surface area is 103 Å². The molecule has 5 nitrogen and oxygen atoms in total. The lowest BCUT2D eigenvalue weighted by molar-refractivity contribution is -0.137. The molecule has 1 saturated carbocycles. The number of hydrogen-bond donors (Lipinski definition) is 2. The van der Waals surface area contributed by atoms with Gasteiger partial charge in [-0.1, -0.05) is 0 Å². The maximum Gasteiger partial charge on any atom is 0.240 e. The summed E-state index contributed by atoms with van der Waals surface area (Å²) >= 11 is 0. The minimum absolute atomic E-state index is 0.114. The molecule has 1 aliphatic heterocycles. The fourth-order valence-electron chi connectivity index (χ4n) is 2.95. The molecule has 1 amide bonds. The molecule has 1 saturated heterocycles. The van der Waals surface area contributed by atoms with Crippen LogP contribution in [-0.2, 0) is 4.79 Å². The predicted octanol–water partition coefficient (Wildman–Crippen LogP) is -0.738. The third-order valence-electron chi connectivity index (χ3n) is 3.88. The van der Waals surface area contributed by atoms with Gasteiger partial charge in [-0.05, 0) is 19.3 Å². The summed E-state index contributed by atoms with van der Waals surface area (Å²) in [6, 6.07) is 0.0579. The normalized spacial score (nSPS) is 34.9. The maximum absolute atomic E-state index is 12.1. The lowest BCUT2D eigenvalue weighted by Gasteiger charge is -2.41. The minimum atomic E-state index is -0.259. The average molecular weight is 241 g/mol. The van der Waals surface area contributed by atoms with Crippen LogP contribution in [0.2, 0.25) is 0 Å². The summed E-state index contributed by atoms with van der Waals surface area (Å²) in [6.07, 6.45) is 2.69. The van der Waals surface area contributed by atoms with Crippen LogP contribution in [0.4, 0.5) is 0 Å². The molecule has 2 rings (SSSR count). The lowest BCUT2D eigenvalue weighted by atomic mass is 10.1. The van der Waals surface area contributed by atoms with Gasteiger partial charge in [0.15, 0.2) is 0 Å². The highest BCUT2D eigenvalue weighted by molar-refractivity contribution is 5.81. The van der Waals surface area contributed by atoms with Gasteiger partial charge in [0, 0.05) is 39.8 Å². The molecule has 0 radical (unpaired) electrons. The minimum Gasteiger partial charge on any atom is -0.391 e. The fraction of sp³-hybridized carbons (Fsp3) is 0.917. The fourth-order valence-corrected chi connectivity index (χ4v) is 2.95. The first-order chi connectivity index (χ1) is 8.11. The second-order valence-electron chi connectivity index (χ2n) is 5.26. The molecule has 2 N–H and O–H groups in total. The molecule has 2 aliphatic rings. The van der Waals surface area contributed by atoms with Crippen molar-refractivity contribution in [2.24, 2.45) is 0 Å². The Morgan fingerprint density at radius 1 is 1.41 bits per heavy atom. The molecule has 17 heavy (non-hydrogen) atoms. The van der Waals surface area contributed by atoms with Gasteiger partial charge in [0.25, 0.3) is 0 Å². The molecule has 98 valence electrons. The van der Waals surface area contributed by atoms with Crippen LogP contribution in [0.3, 0.4) is 0 Å². The summed E-state index contributed by atoms with van der Waals surface area (Å²) in [4.78, 5) is 16.0. The number of carbonyl (C=O) groups excluding carboxylic acids is 1. The average Bonchev–Trinajstić information content (AvgIpc) is 2.74. The summed E-state index contributed by atoms with van der Waals surface area (Å²) in [5, 5.41) is 13.3. The third kappa shape index (κ3) is 2.61. The zero-order valence-corrected chi connectivity index (χ0v) is 10.7.